The van der Waals surface area contributed by atoms with Crippen molar-refractivity contribution in [1.82, 2.24) is 10.2 Å². The van der Waals surface area contributed by atoms with Gasteiger partial charge in [-0.2, -0.15) is 0 Å². The van der Waals surface area contributed by atoms with Gasteiger partial charge in [-0.25, -0.2) is 0 Å². The Morgan fingerprint density at radius 2 is 2.17 bits per heavy atom. The molecular weight excluding hydrogens is 364 g/mol. The van der Waals surface area contributed by atoms with Gasteiger partial charge < -0.3 is 20.4 Å². The zero-order chi connectivity index (χ0) is 21.4. The third kappa shape index (κ3) is 7.54. The molecule has 0 aromatic carbocycles. The van der Waals surface area contributed by atoms with Crippen LogP contribution in [-0.4, -0.2) is 60.4 Å². The summed E-state index contributed by atoms with van der Waals surface area (Å²) in [7, 11) is 3.54. The summed E-state index contributed by atoms with van der Waals surface area (Å²) in [4.78, 5) is 13.2. The van der Waals surface area contributed by atoms with Crippen molar-refractivity contribution < 1.29 is 15.0 Å². The first-order valence-electron chi connectivity index (χ1n) is 11.5. The van der Waals surface area contributed by atoms with Gasteiger partial charge in [-0.1, -0.05) is 56.9 Å². The second-order valence-electron chi connectivity index (χ2n) is 9.39. The summed E-state index contributed by atoms with van der Waals surface area (Å²) in [5, 5.41) is 24.1. The Hall–Kier alpha value is -1.17. The van der Waals surface area contributed by atoms with Crippen molar-refractivity contribution in [2.75, 3.05) is 27.2 Å². The van der Waals surface area contributed by atoms with E-state index < -0.39 is 6.10 Å². The highest BCUT2D eigenvalue weighted by Gasteiger charge is 2.43. The van der Waals surface area contributed by atoms with Gasteiger partial charge in [0.25, 0.3) is 0 Å². The zero-order valence-electron chi connectivity index (χ0n) is 18.8. The molecule has 0 radical (unpaired) electrons. The SMILES string of the molecule is CCCC[C@H](C)C[C@H](O)C=C[C@@H]1[C@H]2CC(CCNCC(=O)N(C)C)=C[C@H]2C[C@H]1O. The number of amides is 1. The van der Waals surface area contributed by atoms with E-state index in [1.165, 1.54) is 24.8 Å². The fraction of sp³-hybridized carbons (Fsp3) is 0.792. The van der Waals surface area contributed by atoms with Crippen LogP contribution in [0.25, 0.3) is 0 Å². The molecule has 29 heavy (non-hydrogen) atoms. The lowest BCUT2D eigenvalue weighted by Crippen LogP contribution is -2.33. The van der Waals surface area contributed by atoms with Crippen molar-refractivity contribution in [2.24, 2.45) is 23.7 Å². The predicted molar refractivity (Wildman–Crippen MR) is 118 cm³/mol. The van der Waals surface area contributed by atoms with E-state index in [1.54, 1.807) is 19.0 Å². The number of rotatable bonds is 12. The molecule has 2 aliphatic carbocycles. The van der Waals surface area contributed by atoms with Gasteiger partial charge in [0.2, 0.25) is 5.91 Å². The molecule has 0 aliphatic heterocycles. The topological polar surface area (TPSA) is 72.8 Å². The Bertz CT molecular complexity index is 572. The van der Waals surface area contributed by atoms with E-state index in [2.05, 4.69) is 31.3 Å². The number of likely N-dealkylation sites (N-methyl/N-ethyl adjacent to an activating group) is 1. The summed E-state index contributed by atoms with van der Waals surface area (Å²) in [6.45, 7) is 5.60. The van der Waals surface area contributed by atoms with Crippen LogP contribution in [0.3, 0.4) is 0 Å². The molecule has 1 amide bonds. The summed E-state index contributed by atoms with van der Waals surface area (Å²) in [5.41, 5.74) is 1.43. The van der Waals surface area contributed by atoms with Crippen molar-refractivity contribution in [3.63, 3.8) is 0 Å². The van der Waals surface area contributed by atoms with Gasteiger partial charge in [-0.3, -0.25) is 4.79 Å². The van der Waals surface area contributed by atoms with Gasteiger partial charge in [0.1, 0.15) is 0 Å². The molecule has 3 N–H and O–H groups in total. The van der Waals surface area contributed by atoms with E-state index in [-0.39, 0.29) is 17.9 Å². The number of carbonyl (C=O) groups excluding carboxylic acids is 1. The number of hydrogen-bond donors (Lipinski definition) is 3. The largest absolute Gasteiger partial charge is 0.392 e. The molecule has 166 valence electrons. The summed E-state index contributed by atoms with van der Waals surface area (Å²) in [6.07, 6.45) is 12.8. The monoisotopic (exact) mass is 406 g/mol. The molecule has 2 aliphatic rings. The quantitative estimate of drug-likeness (QED) is 0.344. The van der Waals surface area contributed by atoms with Crippen molar-refractivity contribution in [2.45, 2.75) is 71.0 Å². The van der Waals surface area contributed by atoms with E-state index in [0.29, 0.717) is 24.3 Å². The highest BCUT2D eigenvalue weighted by atomic mass is 16.3. The van der Waals surface area contributed by atoms with Gasteiger partial charge in [0, 0.05) is 20.0 Å². The molecule has 2 rings (SSSR count). The Morgan fingerprint density at radius 3 is 2.86 bits per heavy atom. The molecule has 1 fully saturated rings. The Balaban J connectivity index is 1.77. The third-order valence-corrected chi connectivity index (χ3v) is 6.60. The van der Waals surface area contributed by atoms with Crippen LogP contribution in [-0.2, 0) is 4.79 Å². The van der Waals surface area contributed by atoms with Crippen LogP contribution in [0.5, 0.6) is 0 Å². The molecule has 0 heterocycles. The van der Waals surface area contributed by atoms with Crippen molar-refractivity contribution in [3.05, 3.63) is 23.8 Å². The highest BCUT2D eigenvalue weighted by Crippen LogP contribution is 2.47. The van der Waals surface area contributed by atoms with Crippen LogP contribution in [0.2, 0.25) is 0 Å². The molecule has 0 bridgehead atoms. The normalized spacial score (nSPS) is 28.4. The molecule has 5 nitrogen and oxygen atoms in total. The van der Waals surface area contributed by atoms with Crippen LogP contribution in [0, 0.1) is 23.7 Å². The van der Waals surface area contributed by atoms with Gasteiger partial charge >= 0.3 is 0 Å². The minimum atomic E-state index is -0.416. The number of aliphatic hydroxyl groups is 2. The summed E-state index contributed by atoms with van der Waals surface area (Å²) >= 11 is 0. The number of unbranched alkanes of at least 4 members (excludes halogenated alkanes) is 1. The second-order valence-corrected chi connectivity index (χ2v) is 9.39. The van der Waals surface area contributed by atoms with Gasteiger partial charge in [-0.05, 0) is 50.0 Å². The smallest absolute Gasteiger partial charge is 0.236 e. The molecule has 0 saturated heterocycles. The average Bonchev–Trinajstić information content (AvgIpc) is 3.17. The third-order valence-electron chi connectivity index (χ3n) is 6.60. The highest BCUT2D eigenvalue weighted by molar-refractivity contribution is 5.77. The minimum Gasteiger partial charge on any atom is -0.392 e. The van der Waals surface area contributed by atoms with E-state index >= 15 is 0 Å². The van der Waals surface area contributed by atoms with Gasteiger partial charge in [0.15, 0.2) is 0 Å². The minimum absolute atomic E-state index is 0.0955. The summed E-state index contributed by atoms with van der Waals surface area (Å²) in [5.74, 6) is 1.65. The molecule has 0 aromatic rings. The number of carbonyl (C=O) groups is 1. The molecule has 5 heteroatoms. The number of fused-ring (bicyclic) bond motifs is 1. The standard InChI is InChI=1S/C24H42N2O3/c1-5-6-7-17(2)12-20(27)8-9-21-22-14-18(13-19(22)15-23(21)28)10-11-25-16-24(29)26(3)4/h8-9,13,17,19-23,25,27-28H,5-7,10-12,14-16H2,1-4H3/t17-,19-,20+,21+,22-,23+/m0/s1. The second kappa shape index (κ2) is 11.9. The van der Waals surface area contributed by atoms with E-state index in [0.717, 1.165) is 32.2 Å². The van der Waals surface area contributed by atoms with E-state index in [1.807, 2.05) is 6.08 Å². The molecular formula is C24H42N2O3. The molecule has 0 spiro atoms. The Labute approximate surface area is 177 Å². The van der Waals surface area contributed by atoms with Crippen LogP contribution in [0.4, 0.5) is 0 Å². The summed E-state index contributed by atoms with van der Waals surface area (Å²) in [6, 6.07) is 0. The lowest BCUT2D eigenvalue weighted by atomic mass is 9.88. The fourth-order valence-corrected chi connectivity index (χ4v) is 4.81. The maximum atomic E-state index is 11.6. The number of nitrogens with zero attached hydrogens (tertiary/aromatic N) is 1. The van der Waals surface area contributed by atoms with Gasteiger partial charge in [-0.15, -0.1) is 0 Å². The predicted octanol–water partition coefficient (Wildman–Crippen LogP) is 3.13. The average molecular weight is 407 g/mol. The lowest BCUT2D eigenvalue weighted by molar-refractivity contribution is -0.127. The number of aliphatic hydroxyl groups excluding tert-OH is 2. The molecule has 0 unspecified atom stereocenters. The zero-order valence-corrected chi connectivity index (χ0v) is 18.8. The van der Waals surface area contributed by atoms with Crippen LogP contribution in [0.1, 0.15) is 58.8 Å². The van der Waals surface area contributed by atoms with Crippen molar-refractivity contribution >= 4 is 5.91 Å². The number of nitrogens with one attached hydrogen (secondary N) is 1. The van der Waals surface area contributed by atoms with E-state index in [4.69, 9.17) is 0 Å². The molecule has 0 aromatic heterocycles. The maximum Gasteiger partial charge on any atom is 0.236 e. The maximum absolute atomic E-state index is 11.6. The van der Waals surface area contributed by atoms with Crippen LogP contribution in [0.15, 0.2) is 23.8 Å². The fourth-order valence-electron chi connectivity index (χ4n) is 4.81. The molecule has 6 atom stereocenters. The van der Waals surface area contributed by atoms with Gasteiger partial charge in [0.05, 0.1) is 18.8 Å². The van der Waals surface area contributed by atoms with E-state index in [9.17, 15) is 15.0 Å². The Kier molecular flexibility index (Phi) is 9.87. The summed E-state index contributed by atoms with van der Waals surface area (Å²) < 4.78 is 0. The van der Waals surface area contributed by atoms with Crippen molar-refractivity contribution in [1.29, 1.82) is 0 Å². The van der Waals surface area contributed by atoms with Crippen LogP contribution < -0.4 is 5.32 Å². The first-order chi connectivity index (χ1) is 13.8. The first-order valence-corrected chi connectivity index (χ1v) is 11.5. The number of allylic oxidation sites excluding steroid dienone is 1. The van der Waals surface area contributed by atoms with Crippen molar-refractivity contribution in [3.8, 4) is 0 Å². The first kappa shape index (κ1) is 24.1. The lowest BCUT2D eigenvalue weighted by Gasteiger charge is -2.19. The van der Waals surface area contributed by atoms with Crippen LogP contribution >= 0.6 is 0 Å². The number of hydrogen-bond acceptors (Lipinski definition) is 4. The Morgan fingerprint density at radius 1 is 1.41 bits per heavy atom. The molecule has 1 saturated carbocycles.